The Kier molecular flexibility index (Phi) is 29.3. The minimum Gasteiger partial charge on any atom is -0.543 e. The SMILES string of the molecule is F[B-](F)(F)F.F[B-](F)(F)F.O=C([O-])C(=O)[O-].[Cu+2].[Cu+2].c1cc2oc1CNCCNCCNCc1ccc(o1)CNCCNCCNC2. The van der Waals surface area contributed by atoms with E-state index in [-0.39, 0.29) is 34.1 Å². The zero-order valence-corrected chi connectivity index (χ0v) is 25.9. The summed E-state index contributed by atoms with van der Waals surface area (Å²) in [7, 11) is -12.0. The Hall–Kier alpha value is -2.13. The van der Waals surface area contributed by atoms with Gasteiger partial charge in [-0.2, -0.15) is 0 Å². The van der Waals surface area contributed by atoms with Gasteiger partial charge < -0.3 is 95.1 Å². The van der Waals surface area contributed by atoms with Crippen LogP contribution < -0.4 is 42.1 Å². The fourth-order valence-corrected chi connectivity index (χ4v) is 3.03. The number of rotatable bonds is 0. The van der Waals surface area contributed by atoms with Crippen LogP contribution in [0.2, 0.25) is 0 Å². The maximum Gasteiger partial charge on any atom is 2.00 e. The molecule has 0 saturated heterocycles. The summed E-state index contributed by atoms with van der Waals surface area (Å²) < 4.78 is 89.7. The van der Waals surface area contributed by atoms with Gasteiger partial charge in [-0.25, -0.2) is 0 Å². The van der Waals surface area contributed by atoms with Crippen LogP contribution in [0.25, 0.3) is 0 Å². The summed E-state index contributed by atoms with van der Waals surface area (Å²) in [6.07, 6.45) is 0. The number of carbonyl (C=O) groups excluding carboxylic acids is 2. The van der Waals surface area contributed by atoms with Crippen molar-refractivity contribution in [3.05, 3.63) is 47.3 Å². The Morgan fingerprint density at radius 1 is 0.478 bits per heavy atom. The van der Waals surface area contributed by atoms with Crippen molar-refractivity contribution in [2.75, 3.05) is 52.4 Å². The number of furan rings is 2. The third kappa shape index (κ3) is 36.3. The minimum atomic E-state index is -6.00. The second kappa shape index (κ2) is 27.9. The molecular weight excluding hydrogens is 745 g/mol. The number of hydrogen-bond donors (Lipinski definition) is 6. The molecule has 0 spiro atoms. The number of carbonyl (C=O) groups is 2. The van der Waals surface area contributed by atoms with E-state index < -0.39 is 26.4 Å². The maximum atomic E-state index is 9.75. The second-order valence-electron chi connectivity index (χ2n) is 8.51. The van der Waals surface area contributed by atoms with E-state index in [2.05, 4.69) is 31.9 Å². The van der Waals surface area contributed by atoms with Crippen molar-refractivity contribution >= 4 is 26.4 Å². The molecule has 2 radical (unpaired) electrons. The molecule has 0 unspecified atom stereocenters. The molecule has 3 heterocycles. The largest absolute Gasteiger partial charge is 2.00 e. The van der Waals surface area contributed by atoms with Crippen LogP contribution in [0, 0.1) is 0 Å². The Morgan fingerprint density at radius 3 is 0.826 bits per heavy atom. The third-order valence-corrected chi connectivity index (χ3v) is 4.71. The number of halogens is 8. The van der Waals surface area contributed by atoms with Crippen LogP contribution in [-0.4, -0.2) is 78.8 Å². The zero-order valence-electron chi connectivity index (χ0n) is 24.0. The molecule has 0 saturated carbocycles. The van der Waals surface area contributed by atoms with Crippen LogP contribution in [0.15, 0.2) is 33.1 Å². The van der Waals surface area contributed by atoms with E-state index >= 15 is 0 Å². The van der Waals surface area contributed by atoms with Gasteiger partial charge >= 0.3 is 48.6 Å². The van der Waals surface area contributed by atoms with E-state index in [4.69, 9.17) is 28.6 Å². The quantitative estimate of drug-likeness (QED) is 0.112. The summed E-state index contributed by atoms with van der Waals surface area (Å²) in [5.41, 5.74) is 0. The molecule has 0 atom stereocenters. The molecule has 2 aromatic heterocycles. The van der Waals surface area contributed by atoms with E-state index in [0.29, 0.717) is 0 Å². The molecule has 1 aliphatic heterocycles. The molecule has 46 heavy (non-hydrogen) atoms. The van der Waals surface area contributed by atoms with Gasteiger partial charge in [-0.3, -0.25) is 0 Å². The van der Waals surface area contributed by atoms with Crippen LogP contribution in [-0.2, 0) is 69.9 Å². The monoisotopic (exact) mass is 778 g/mol. The van der Waals surface area contributed by atoms with Crippen LogP contribution in [0.5, 0.6) is 0 Å². The Morgan fingerprint density at radius 2 is 0.652 bits per heavy atom. The number of hydrogen-bond acceptors (Lipinski definition) is 12. The van der Waals surface area contributed by atoms with Gasteiger partial charge in [0.05, 0.1) is 38.1 Å². The fourth-order valence-electron chi connectivity index (χ4n) is 3.03. The zero-order chi connectivity index (χ0) is 33.4. The Balaban J connectivity index is -0.000000854. The normalized spacial score (nSPS) is 15.6. The molecule has 0 fully saturated rings. The van der Waals surface area contributed by atoms with Crippen LogP contribution >= 0.6 is 0 Å². The van der Waals surface area contributed by atoms with Crippen molar-refractivity contribution in [3.8, 4) is 0 Å². The topological polar surface area (TPSA) is 179 Å². The summed E-state index contributed by atoms with van der Waals surface area (Å²) in [5.74, 6) is -0.445. The number of fused-ring (bicyclic) bond motifs is 4. The Labute approximate surface area is 281 Å². The van der Waals surface area contributed by atoms with Crippen molar-refractivity contribution in [1.82, 2.24) is 31.9 Å². The van der Waals surface area contributed by atoms with Crippen LogP contribution in [0.1, 0.15) is 23.0 Å². The average molecular weight is 779 g/mol. The number of carboxylic acids is 2. The summed E-state index contributed by atoms with van der Waals surface area (Å²) >= 11 is 0. The first-order valence-corrected chi connectivity index (χ1v) is 13.1. The molecule has 272 valence electrons. The first kappa shape index (κ1) is 48.3. The molecule has 0 aromatic carbocycles. The van der Waals surface area contributed by atoms with Gasteiger partial charge in [-0.15, -0.1) is 0 Å². The smallest absolute Gasteiger partial charge is 0.543 e. The fraction of sp³-hybridized carbons (Fsp3) is 0.545. The standard InChI is InChI=1S/C20H34N6O2.C2H2O4.2BF4.2Cu/c1-2-18-14-24-10-6-22-8-12-26-16-20-4-3-19(28-20)15-25-11-7-21-5-9-23-13-17(1)27-18;3-1(4)2(5)6;2*2-1(3,4)5;;/h1-4,21-26H,5-16H2;(H,3,4)(H,5,6);;;;/q;;2*-1;2*+2/p-2. The molecule has 6 N–H and O–H groups in total. The van der Waals surface area contributed by atoms with Crippen molar-refractivity contribution < 1.29 is 97.3 Å². The first-order chi connectivity index (χ1) is 20.5. The van der Waals surface area contributed by atoms with E-state index in [1.807, 2.05) is 24.3 Å². The Bertz CT molecular complexity index is 916. The number of carboxylic acid groups (broad SMARTS) is 2. The molecule has 2 aromatic rings. The van der Waals surface area contributed by atoms with Crippen molar-refractivity contribution in [2.45, 2.75) is 26.2 Å². The van der Waals surface area contributed by atoms with E-state index in [1.54, 1.807) is 0 Å². The molecule has 12 nitrogen and oxygen atoms in total. The maximum absolute atomic E-state index is 9.75. The second-order valence-corrected chi connectivity index (χ2v) is 8.51. The van der Waals surface area contributed by atoms with Crippen molar-refractivity contribution in [1.29, 1.82) is 0 Å². The summed E-state index contributed by atoms with van der Waals surface area (Å²) in [6, 6.07) is 8.19. The molecular formula is C22H34B2Cu2F8N6O6. The van der Waals surface area contributed by atoms with Crippen LogP contribution in [0.4, 0.5) is 34.5 Å². The summed E-state index contributed by atoms with van der Waals surface area (Å²) in [5, 5.41) is 38.3. The van der Waals surface area contributed by atoms with Crippen molar-refractivity contribution in [2.24, 2.45) is 0 Å². The number of aliphatic carboxylic acids is 2. The predicted octanol–water partition coefficient (Wildman–Crippen LogP) is -0.795. The third-order valence-electron chi connectivity index (χ3n) is 4.71. The molecule has 4 bridgehead atoms. The average Bonchev–Trinajstić information content (AvgIpc) is 3.54. The van der Waals surface area contributed by atoms with Gasteiger partial charge in [0, 0.05) is 52.4 Å². The predicted molar refractivity (Wildman–Crippen MR) is 140 cm³/mol. The van der Waals surface area contributed by atoms with Gasteiger partial charge in [-0.1, -0.05) is 0 Å². The number of nitrogens with one attached hydrogen (secondary N) is 6. The van der Waals surface area contributed by atoms with E-state index in [0.717, 1.165) is 102 Å². The van der Waals surface area contributed by atoms with Gasteiger partial charge in [0.1, 0.15) is 23.0 Å². The molecule has 0 aliphatic carbocycles. The molecule has 24 heteroatoms. The molecule has 1 aliphatic rings. The van der Waals surface area contributed by atoms with Gasteiger partial charge in [-0.05, 0) is 24.3 Å². The van der Waals surface area contributed by atoms with Gasteiger partial charge in [0.15, 0.2) is 0 Å². The minimum absolute atomic E-state index is 0. The summed E-state index contributed by atoms with van der Waals surface area (Å²) in [4.78, 5) is 17.9. The van der Waals surface area contributed by atoms with Gasteiger partial charge in [0.2, 0.25) is 0 Å². The molecule has 3 rings (SSSR count). The van der Waals surface area contributed by atoms with Gasteiger partial charge in [0.25, 0.3) is 0 Å². The summed E-state index contributed by atoms with van der Waals surface area (Å²) in [6.45, 7) is 10.4. The first-order valence-electron chi connectivity index (χ1n) is 13.1. The van der Waals surface area contributed by atoms with E-state index in [9.17, 15) is 34.5 Å². The molecule has 0 amide bonds. The van der Waals surface area contributed by atoms with E-state index in [1.165, 1.54) is 0 Å². The van der Waals surface area contributed by atoms with Crippen LogP contribution in [0.3, 0.4) is 0 Å². The van der Waals surface area contributed by atoms with Crippen molar-refractivity contribution in [3.63, 3.8) is 0 Å².